The molecule has 0 aliphatic carbocycles. The molecule has 2 aromatic carbocycles. The molecule has 0 saturated heterocycles. The molecule has 0 aliphatic rings. The molecular formula is C23H32N2O4S. The van der Waals surface area contributed by atoms with Crippen molar-refractivity contribution >= 4 is 21.6 Å². The number of benzene rings is 2. The SMILES string of the molecule is CCOc1ccccc1N(CC(=O)NCCCc1ccc(C(C)C)cc1)S(C)(=O)=O. The quantitative estimate of drug-likeness (QED) is 0.549. The van der Waals surface area contributed by atoms with E-state index in [4.69, 9.17) is 4.74 Å². The van der Waals surface area contributed by atoms with Gasteiger partial charge in [-0.3, -0.25) is 9.10 Å². The molecule has 1 amide bonds. The first-order valence-corrected chi connectivity index (χ1v) is 12.1. The van der Waals surface area contributed by atoms with E-state index in [0.29, 0.717) is 30.5 Å². The van der Waals surface area contributed by atoms with Crippen LogP contribution in [0.1, 0.15) is 44.2 Å². The molecule has 164 valence electrons. The van der Waals surface area contributed by atoms with Crippen molar-refractivity contribution in [2.24, 2.45) is 0 Å². The molecule has 0 aromatic heterocycles. The van der Waals surface area contributed by atoms with Gasteiger partial charge in [-0.1, -0.05) is 50.2 Å². The average molecular weight is 433 g/mol. The van der Waals surface area contributed by atoms with Crippen molar-refractivity contribution in [3.05, 3.63) is 59.7 Å². The topological polar surface area (TPSA) is 75.7 Å². The number of rotatable bonds is 11. The van der Waals surface area contributed by atoms with Crippen LogP contribution in [0.2, 0.25) is 0 Å². The van der Waals surface area contributed by atoms with Crippen molar-refractivity contribution in [1.82, 2.24) is 5.32 Å². The van der Waals surface area contributed by atoms with Gasteiger partial charge in [0.05, 0.1) is 18.6 Å². The fourth-order valence-corrected chi connectivity index (χ4v) is 3.96. The fourth-order valence-electron chi connectivity index (χ4n) is 3.10. The van der Waals surface area contributed by atoms with Crippen molar-refractivity contribution in [3.63, 3.8) is 0 Å². The smallest absolute Gasteiger partial charge is 0.240 e. The maximum atomic E-state index is 12.4. The second-order valence-electron chi connectivity index (χ2n) is 7.52. The molecule has 0 radical (unpaired) electrons. The molecule has 6 nitrogen and oxygen atoms in total. The number of carbonyl (C=O) groups is 1. The first-order chi connectivity index (χ1) is 14.2. The lowest BCUT2D eigenvalue weighted by atomic mass is 10.0. The van der Waals surface area contributed by atoms with Crippen molar-refractivity contribution in [1.29, 1.82) is 0 Å². The van der Waals surface area contributed by atoms with Crippen LogP contribution in [0.25, 0.3) is 0 Å². The van der Waals surface area contributed by atoms with Crippen molar-refractivity contribution < 1.29 is 17.9 Å². The summed E-state index contributed by atoms with van der Waals surface area (Å²) in [6.07, 6.45) is 2.71. The largest absolute Gasteiger partial charge is 0.492 e. The van der Waals surface area contributed by atoms with Gasteiger partial charge in [-0.2, -0.15) is 0 Å². The maximum Gasteiger partial charge on any atom is 0.240 e. The first kappa shape index (κ1) is 23.7. The minimum absolute atomic E-state index is 0.286. The molecule has 30 heavy (non-hydrogen) atoms. The van der Waals surface area contributed by atoms with Crippen molar-refractivity contribution in [2.75, 3.05) is 30.3 Å². The van der Waals surface area contributed by atoms with Gasteiger partial charge in [0.1, 0.15) is 12.3 Å². The Balaban J connectivity index is 1.92. The van der Waals surface area contributed by atoms with Crippen LogP contribution in [0.5, 0.6) is 5.75 Å². The van der Waals surface area contributed by atoms with E-state index in [1.807, 2.05) is 6.92 Å². The third-order valence-electron chi connectivity index (χ3n) is 4.73. The van der Waals surface area contributed by atoms with Gasteiger partial charge >= 0.3 is 0 Å². The van der Waals surface area contributed by atoms with E-state index >= 15 is 0 Å². The van der Waals surface area contributed by atoms with Crippen LogP contribution in [0.15, 0.2) is 48.5 Å². The van der Waals surface area contributed by atoms with Crippen LogP contribution in [0.3, 0.4) is 0 Å². The predicted molar refractivity (Wildman–Crippen MR) is 122 cm³/mol. The molecule has 7 heteroatoms. The molecule has 0 atom stereocenters. The zero-order valence-electron chi connectivity index (χ0n) is 18.2. The number of hydrogen-bond donors (Lipinski definition) is 1. The molecular weight excluding hydrogens is 400 g/mol. The van der Waals surface area contributed by atoms with Crippen LogP contribution >= 0.6 is 0 Å². The molecule has 0 saturated carbocycles. The van der Waals surface area contributed by atoms with E-state index in [1.165, 1.54) is 11.1 Å². The van der Waals surface area contributed by atoms with Crippen LogP contribution in [0.4, 0.5) is 5.69 Å². The van der Waals surface area contributed by atoms with E-state index < -0.39 is 10.0 Å². The summed E-state index contributed by atoms with van der Waals surface area (Å²) >= 11 is 0. The Morgan fingerprint density at radius 3 is 2.37 bits per heavy atom. The number of nitrogens with zero attached hydrogens (tertiary/aromatic N) is 1. The second-order valence-corrected chi connectivity index (χ2v) is 9.43. The Bertz CT molecular complexity index is 924. The average Bonchev–Trinajstić information content (AvgIpc) is 2.70. The van der Waals surface area contributed by atoms with E-state index in [-0.39, 0.29) is 12.5 Å². The summed E-state index contributed by atoms with van der Waals surface area (Å²) in [6, 6.07) is 15.3. The van der Waals surface area contributed by atoms with Gasteiger partial charge in [-0.15, -0.1) is 0 Å². The molecule has 2 rings (SSSR count). The van der Waals surface area contributed by atoms with Crippen LogP contribution in [-0.2, 0) is 21.2 Å². The third-order valence-corrected chi connectivity index (χ3v) is 5.86. The molecule has 0 bridgehead atoms. The number of aryl methyl sites for hydroxylation is 1. The molecule has 2 aromatic rings. The zero-order chi connectivity index (χ0) is 22.1. The first-order valence-electron chi connectivity index (χ1n) is 10.3. The summed E-state index contributed by atoms with van der Waals surface area (Å²) < 4.78 is 31.2. The van der Waals surface area contributed by atoms with Gasteiger partial charge in [-0.05, 0) is 48.9 Å². The van der Waals surface area contributed by atoms with Crippen LogP contribution in [0, 0.1) is 0 Å². The Morgan fingerprint density at radius 1 is 1.10 bits per heavy atom. The number of sulfonamides is 1. The number of ether oxygens (including phenoxy) is 1. The second kappa shape index (κ2) is 11.0. The lowest BCUT2D eigenvalue weighted by molar-refractivity contribution is -0.119. The summed E-state index contributed by atoms with van der Waals surface area (Å²) in [4.78, 5) is 12.4. The number of carbonyl (C=O) groups excluding carboxylic acids is 1. The van der Waals surface area contributed by atoms with E-state index in [2.05, 4.69) is 43.4 Å². The van der Waals surface area contributed by atoms with Gasteiger partial charge in [0, 0.05) is 6.54 Å². The standard InChI is InChI=1S/C23H32N2O4S/c1-5-29-22-11-7-6-10-21(22)25(30(4,27)28)17-23(26)24-16-8-9-19-12-14-20(15-13-19)18(2)3/h6-7,10-15,18H,5,8-9,16-17H2,1-4H3,(H,24,26). The van der Waals surface area contributed by atoms with Gasteiger partial charge in [0.15, 0.2) is 0 Å². The number of anilines is 1. The third kappa shape index (κ3) is 7.06. The highest BCUT2D eigenvalue weighted by atomic mass is 32.2. The highest BCUT2D eigenvalue weighted by molar-refractivity contribution is 7.92. The van der Waals surface area contributed by atoms with E-state index in [1.54, 1.807) is 24.3 Å². The van der Waals surface area contributed by atoms with Gasteiger partial charge in [0.25, 0.3) is 0 Å². The molecule has 0 heterocycles. The minimum atomic E-state index is -3.65. The predicted octanol–water partition coefficient (Wildman–Crippen LogP) is 3.72. The van der Waals surface area contributed by atoms with Crippen LogP contribution < -0.4 is 14.4 Å². The lowest BCUT2D eigenvalue weighted by Crippen LogP contribution is -2.40. The molecule has 0 fully saturated rings. The molecule has 0 aliphatic heterocycles. The minimum Gasteiger partial charge on any atom is -0.492 e. The summed E-state index contributed by atoms with van der Waals surface area (Å²) in [6.45, 7) is 6.75. The van der Waals surface area contributed by atoms with Gasteiger partial charge in [0.2, 0.25) is 15.9 Å². The number of nitrogens with one attached hydrogen (secondary N) is 1. The molecule has 1 N–H and O–H groups in total. The summed E-state index contributed by atoms with van der Waals surface area (Å²) in [7, 11) is -3.65. The van der Waals surface area contributed by atoms with Crippen LogP contribution in [-0.4, -0.2) is 40.3 Å². The zero-order valence-corrected chi connectivity index (χ0v) is 19.0. The Morgan fingerprint density at radius 2 is 1.77 bits per heavy atom. The van der Waals surface area contributed by atoms with E-state index in [9.17, 15) is 13.2 Å². The summed E-state index contributed by atoms with van der Waals surface area (Å²) in [5.74, 6) is 0.592. The number of para-hydroxylation sites is 2. The van der Waals surface area contributed by atoms with E-state index in [0.717, 1.165) is 23.4 Å². The molecule has 0 unspecified atom stereocenters. The number of amides is 1. The van der Waals surface area contributed by atoms with Crippen molar-refractivity contribution in [2.45, 2.75) is 39.5 Å². The molecule has 0 spiro atoms. The summed E-state index contributed by atoms with van der Waals surface area (Å²) in [5.41, 5.74) is 2.89. The number of hydrogen-bond acceptors (Lipinski definition) is 4. The Kier molecular flexibility index (Phi) is 8.72. The fraction of sp³-hybridized carbons (Fsp3) is 0.435. The maximum absolute atomic E-state index is 12.4. The van der Waals surface area contributed by atoms with Crippen molar-refractivity contribution in [3.8, 4) is 5.75 Å². The Labute approximate surface area is 180 Å². The van der Waals surface area contributed by atoms with Gasteiger partial charge in [-0.25, -0.2) is 8.42 Å². The normalized spacial score (nSPS) is 11.4. The monoisotopic (exact) mass is 432 g/mol. The van der Waals surface area contributed by atoms with Gasteiger partial charge < -0.3 is 10.1 Å². The summed E-state index contributed by atoms with van der Waals surface area (Å²) in [5, 5.41) is 2.82. The Hall–Kier alpha value is -2.54. The lowest BCUT2D eigenvalue weighted by Gasteiger charge is -2.24. The highest BCUT2D eigenvalue weighted by Gasteiger charge is 2.23. The highest BCUT2D eigenvalue weighted by Crippen LogP contribution is 2.29.